The molecular formula is C26H29N3O5S. The number of benzene rings is 3. The number of nitrogens with one attached hydrogen (secondary N) is 2. The summed E-state index contributed by atoms with van der Waals surface area (Å²) in [6, 6.07) is 18.6. The fourth-order valence-corrected chi connectivity index (χ4v) is 4.91. The summed E-state index contributed by atoms with van der Waals surface area (Å²) in [7, 11) is -3.97. The van der Waals surface area contributed by atoms with Crippen LogP contribution in [0.4, 0.5) is 11.4 Å². The number of ether oxygens (including phenoxy) is 2. The van der Waals surface area contributed by atoms with Gasteiger partial charge in [0.1, 0.15) is 13.2 Å². The van der Waals surface area contributed by atoms with E-state index in [0.29, 0.717) is 30.4 Å². The molecular weight excluding hydrogens is 466 g/mol. The molecule has 1 heterocycles. The standard InChI is InChI=1S/C26H29N3O5S/c1-3-29(4-2)18-19-8-7-9-20(16-19)27-26(30)22-10-5-6-11-23(22)28-35(31,32)21-12-13-24-25(17-21)34-15-14-33-24/h5-13,16-17,28H,3-4,14-15,18H2,1-2H3,(H,27,30). The van der Waals surface area contributed by atoms with Gasteiger partial charge in [-0.05, 0) is 55.1 Å². The van der Waals surface area contributed by atoms with Gasteiger partial charge >= 0.3 is 0 Å². The summed E-state index contributed by atoms with van der Waals surface area (Å²) in [5, 5.41) is 2.89. The molecule has 0 radical (unpaired) electrons. The molecule has 2 N–H and O–H groups in total. The Kier molecular flexibility index (Phi) is 7.57. The fourth-order valence-electron chi connectivity index (χ4n) is 3.82. The first-order chi connectivity index (χ1) is 16.9. The van der Waals surface area contributed by atoms with Crippen LogP contribution in [0.5, 0.6) is 11.5 Å². The van der Waals surface area contributed by atoms with E-state index in [2.05, 4.69) is 28.8 Å². The molecule has 3 aromatic rings. The fraction of sp³-hybridized carbons (Fsp3) is 0.269. The van der Waals surface area contributed by atoms with Crippen molar-refractivity contribution in [3.63, 3.8) is 0 Å². The summed E-state index contributed by atoms with van der Waals surface area (Å²) >= 11 is 0. The zero-order chi connectivity index (χ0) is 24.8. The number of amides is 1. The van der Waals surface area contributed by atoms with Crippen LogP contribution in [-0.2, 0) is 16.6 Å². The van der Waals surface area contributed by atoms with Gasteiger partial charge in [-0.3, -0.25) is 14.4 Å². The molecule has 0 atom stereocenters. The van der Waals surface area contributed by atoms with E-state index >= 15 is 0 Å². The van der Waals surface area contributed by atoms with Crippen molar-refractivity contribution >= 4 is 27.3 Å². The van der Waals surface area contributed by atoms with Crippen LogP contribution in [-0.4, -0.2) is 45.5 Å². The van der Waals surface area contributed by atoms with E-state index in [-0.39, 0.29) is 16.1 Å². The Morgan fingerprint density at radius 3 is 2.43 bits per heavy atom. The Morgan fingerprint density at radius 1 is 0.914 bits per heavy atom. The minimum absolute atomic E-state index is 0.0149. The zero-order valence-electron chi connectivity index (χ0n) is 19.8. The van der Waals surface area contributed by atoms with E-state index in [1.54, 1.807) is 30.3 Å². The number of hydrogen-bond donors (Lipinski definition) is 2. The minimum Gasteiger partial charge on any atom is -0.486 e. The van der Waals surface area contributed by atoms with Crippen LogP contribution in [0.1, 0.15) is 29.8 Å². The Labute approximate surface area is 205 Å². The summed E-state index contributed by atoms with van der Waals surface area (Å²) in [6.07, 6.45) is 0. The quantitative estimate of drug-likeness (QED) is 0.458. The normalized spacial score (nSPS) is 12.9. The van der Waals surface area contributed by atoms with E-state index in [0.717, 1.165) is 25.2 Å². The minimum atomic E-state index is -3.97. The van der Waals surface area contributed by atoms with Crippen LogP contribution in [0.25, 0.3) is 0 Å². The summed E-state index contributed by atoms with van der Waals surface area (Å²) in [6.45, 7) is 7.63. The Bertz CT molecular complexity index is 1310. The summed E-state index contributed by atoms with van der Waals surface area (Å²) in [5.74, 6) is 0.457. The topological polar surface area (TPSA) is 97.0 Å². The molecule has 0 fully saturated rings. The van der Waals surface area contributed by atoms with Gasteiger partial charge in [-0.2, -0.15) is 0 Å². The lowest BCUT2D eigenvalue weighted by atomic mass is 10.1. The predicted octanol–water partition coefficient (Wildman–Crippen LogP) is 4.35. The number of anilines is 2. The molecule has 8 nitrogen and oxygen atoms in total. The lowest BCUT2D eigenvalue weighted by Crippen LogP contribution is -2.22. The monoisotopic (exact) mass is 495 g/mol. The summed E-state index contributed by atoms with van der Waals surface area (Å²) < 4.78 is 39.7. The molecule has 0 unspecified atom stereocenters. The molecule has 4 rings (SSSR count). The first-order valence-electron chi connectivity index (χ1n) is 11.5. The van der Waals surface area contributed by atoms with Gasteiger partial charge in [0.2, 0.25) is 0 Å². The third kappa shape index (κ3) is 5.93. The number of fused-ring (bicyclic) bond motifs is 1. The predicted molar refractivity (Wildman–Crippen MR) is 136 cm³/mol. The van der Waals surface area contributed by atoms with E-state index in [1.807, 2.05) is 24.3 Å². The van der Waals surface area contributed by atoms with Crippen LogP contribution in [0.2, 0.25) is 0 Å². The molecule has 0 aromatic heterocycles. The van der Waals surface area contributed by atoms with Gasteiger partial charge in [-0.1, -0.05) is 38.1 Å². The van der Waals surface area contributed by atoms with Crippen LogP contribution >= 0.6 is 0 Å². The number of nitrogens with zero attached hydrogens (tertiary/aromatic N) is 1. The molecule has 3 aromatic carbocycles. The molecule has 35 heavy (non-hydrogen) atoms. The van der Waals surface area contributed by atoms with Gasteiger partial charge in [0.15, 0.2) is 11.5 Å². The average Bonchev–Trinajstić information content (AvgIpc) is 2.87. The third-order valence-corrected chi connectivity index (χ3v) is 7.09. The van der Waals surface area contributed by atoms with Crippen LogP contribution in [0.3, 0.4) is 0 Å². The Hall–Kier alpha value is -3.56. The van der Waals surface area contributed by atoms with Crippen LogP contribution < -0.4 is 19.5 Å². The van der Waals surface area contributed by atoms with E-state index in [4.69, 9.17) is 9.47 Å². The molecule has 0 saturated heterocycles. The van der Waals surface area contributed by atoms with Crippen LogP contribution in [0, 0.1) is 0 Å². The van der Waals surface area contributed by atoms with Gasteiger partial charge in [0.25, 0.3) is 15.9 Å². The lowest BCUT2D eigenvalue weighted by molar-refractivity contribution is 0.102. The molecule has 0 bridgehead atoms. The number of carbonyl (C=O) groups excluding carboxylic acids is 1. The Balaban J connectivity index is 1.53. The van der Waals surface area contributed by atoms with Gasteiger partial charge in [0.05, 0.1) is 16.1 Å². The number of para-hydroxylation sites is 1. The highest BCUT2D eigenvalue weighted by atomic mass is 32.2. The molecule has 0 aliphatic carbocycles. The second-order valence-corrected chi connectivity index (χ2v) is 9.75. The summed E-state index contributed by atoms with van der Waals surface area (Å²) in [5.41, 5.74) is 2.12. The highest BCUT2D eigenvalue weighted by molar-refractivity contribution is 7.92. The number of hydrogen-bond acceptors (Lipinski definition) is 6. The van der Waals surface area contributed by atoms with Crippen molar-refractivity contribution in [2.45, 2.75) is 25.3 Å². The van der Waals surface area contributed by atoms with E-state index in [1.165, 1.54) is 12.1 Å². The smallest absolute Gasteiger partial charge is 0.262 e. The second-order valence-electron chi connectivity index (χ2n) is 8.07. The molecule has 0 spiro atoms. The number of rotatable bonds is 9. The largest absolute Gasteiger partial charge is 0.486 e. The van der Waals surface area contributed by atoms with Gasteiger partial charge in [-0.15, -0.1) is 0 Å². The maximum absolute atomic E-state index is 13.1. The molecule has 1 amide bonds. The molecule has 9 heteroatoms. The number of carbonyl (C=O) groups is 1. The van der Waals surface area contributed by atoms with Crippen molar-refractivity contribution in [2.75, 3.05) is 36.3 Å². The highest BCUT2D eigenvalue weighted by Gasteiger charge is 2.22. The van der Waals surface area contributed by atoms with Crippen molar-refractivity contribution in [3.8, 4) is 11.5 Å². The molecule has 1 aliphatic rings. The maximum atomic E-state index is 13.1. The first kappa shape index (κ1) is 24.6. The lowest BCUT2D eigenvalue weighted by Gasteiger charge is -2.19. The van der Waals surface area contributed by atoms with Gasteiger partial charge in [0, 0.05) is 18.3 Å². The van der Waals surface area contributed by atoms with E-state index < -0.39 is 15.9 Å². The average molecular weight is 496 g/mol. The maximum Gasteiger partial charge on any atom is 0.262 e. The summed E-state index contributed by atoms with van der Waals surface area (Å²) in [4.78, 5) is 15.4. The van der Waals surface area contributed by atoms with Crippen molar-refractivity contribution < 1.29 is 22.7 Å². The van der Waals surface area contributed by atoms with Crippen molar-refractivity contribution in [3.05, 3.63) is 77.9 Å². The molecule has 1 aliphatic heterocycles. The Morgan fingerprint density at radius 2 is 1.66 bits per heavy atom. The number of sulfonamides is 1. The zero-order valence-corrected chi connectivity index (χ0v) is 20.6. The first-order valence-corrected chi connectivity index (χ1v) is 13.0. The third-order valence-electron chi connectivity index (χ3n) is 5.73. The molecule has 184 valence electrons. The van der Waals surface area contributed by atoms with E-state index in [9.17, 15) is 13.2 Å². The van der Waals surface area contributed by atoms with Crippen molar-refractivity contribution in [2.24, 2.45) is 0 Å². The second kappa shape index (κ2) is 10.8. The van der Waals surface area contributed by atoms with Crippen LogP contribution in [0.15, 0.2) is 71.6 Å². The van der Waals surface area contributed by atoms with Crippen molar-refractivity contribution in [1.82, 2.24) is 4.90 Å². The highest BCUT2D eigenvalue weighted by Crippen LogP contribution is 2.33. The van der Waals surface area contributed by atoms with Crippen molar-refractivity contribution in [1.29, 1.82) is 0 Å². The van der Waals surface area contributed by atoms with Gasteiger partial charge < -0.3 is 14.8 Å². The SMILES string of the molecule is CCN(CC)Cc1cccc(NC(=O)c2ccccc2NS(=O)(=O)c2ccc3c(c2)OCCO3)c1. The molecule has 0 saturated carbocycles. The van der Waals surface area contributed by atoms with Gasteiger partial charge in [-0.25, -0.2) is 8.42 Å².